The standard InChI is InChI=1S/C52H73ClN2O17S3/c1-5-54-45-18-16-41(74(61,62)63)37-43(45)51(2,22-10-36-73(58,59)60)47(54)20-14-39-11-9-12-40(50(39)53)15-21-48-52(3,23-25-68-28-29-70-32-33-72-35-34-71-31-30-69-27-26-67-4)44-38-42(75(64,65)66)17-19-46(44)55(48)24-8-6-7-13-49(56)57/h14-21,37-38H,5-13,22-36H2,1-4H3,(H3-,56,57,58,59,60,61,62,63,64,65,66)/p+1. The molecular weight excluding hydrogens is 1060 g/mol. The number of carbonyl (C=O) groups is 1. The van der Waals surface area contributed by atoms with Crippen LogP contribution in [0.4, 0.5) is 11.4 Å². The minimum atomic E-state index is -4.58. The smallest absolute Gasteiger partial charge is 0.303 e. The number of fused-ring (bicyclic) bond motifs is 2. The van der Waals surface area contributed by atoms with Crippen LogP contribution in [-0.4, -0.2) is 159 Å². The third kappa shape index (κ3) is 17.6. The lowest BCUT2D eigenvalue weighted by Crippen LogP contribution is -2.33. The van der Waals surface area contributed by atoms with Gasteiger partial charge in [0.15, 0.2) is 5.71 Å². The summed E-state index contributed by atoms with van der Waals surface area (Å²) < 4.78 is 138. The van der Waals surface area contributed by atoms with Crippen LogP contribution in [0.2, 0.25) is 0 Å². The molecule has 2 aromatic rings. The molecule has 2 aliphatic heterocycles. The van der Waals surface area contributed by atoms with Crippen LogP contribution in [0, 0.1) is 0 Å². The zero-order chi connectivity index (χ0) is 54.9. The number of nitrogens with zero attached hydrogens (tertiary/aromatic N) is 2. The third-order valence-corrected chi connectivity index (χ3v) is 16.7. The fraction of sp³-hybridized carbons (Fsp3) is 0.577. The minimum Gasteiger partial charge on any atom is -0.481 e. The number of allylic oxidation sites excluding steroid dienone is 8. The van der Waals surface area contributed by atoms with Crippen molar-refractivity contribution < 1.29 is 81.8 Å². The Morgan fingerprint density at radius 2 is 1.28 bits per heavy atom. The molecule has 4 N–H and O–H groups in total. The molecule has 0 radical (unpaired) electrons. The number of hydrogen-bond donors (Lipinski definition) is 4. The number of rotatable bonds is 34. The van der Waals surface area contributed by atoms with Gasteiger partial charge in [-0.15, -0.1) is 0 Å². The van der Waals surface area contributed by atoms with Crippen molar-refractivity contribution >= 4 is 65.0 Å². The quantitative estimate of drug-likeness (QED) is 0.0296. The number of unbranched alkanes of at least 4 members (excludes halogenated alkanes) is 2. The van der Waals surface area contributed by atoms with E-state index in [1.807, 2.05) is 50.0 Å². The van der Waals surface area contributed by atoms with E-state index in [0.717, 1.165) is 34.7 Å². The maximum Gasteiger partial charge on any atom is 0.303 e. The van der Waals surface area contributed by atoms with Crippen molar-refractivity contribution in [2.45, 2.75) is 106 Å². The van der Waals surface area contributed by atoms with E-state index >= 15 is 0 Å². The topological polar surface area (TPSA) is 262 Å². The lowest BCUT2D eigenvalue weighted by Gasteiger charge is -2.30. The first kappa shape index (κ1) is 62.0. The van der Waals surface area contributed by atoms with Gasteiger partial charge in [-0.2, -0.15) is 29.8 Å². The van der Waals surface area contributed by atoms with Gasteiger partial charge in [0.05, 0.1) is 87.0 Å². The second-order valence-electron chi connectivity index (χ2n) is 18.9. The summed E-state index contributed by atoms with van der Waals surface area (Å²) in [4.78, 5) is 12.8. The molecule has 418 valence electrons. The predicted molar refractivity (Wildman–Crippen MR) is 284 cm³/mol. The molecule has 0 bridgehead atoms. The molecule has 0 aromatic heterocycles. The second-order valence-corrected chi connectivity index (χ2v) is 23.7. The molecular formula is C52H74ClN2O17S3+. The Labute approximate surface area is 447 Å². The van der Waals surface area contributed by atoms with Gasteiger partial charge in [0, 0.05) is 72.6 Å². The van der Waals surface area contributed by atoms with E-state index in [4.69, 9.17) is 40.0 Å². The molecule has 5 rings (SSSR count). The molecule has 0 fully saturated rings. The van der Waals surface area contributed by atoms with Crippen molar-refractivity contribution in [2.75, 3.05) is 104 Å². The molecule has 75 heavy (non-hydrogen) atoms. The number of aliphatic carboxylic acids is 1. The molecule has 1 aliphatic carbocycles. The first-order valence-corrected chi connectivity index (χ1v) is 30.1. The number of benzene rings is 2. The van der Waals surface area contributed by atoms with Gasteiger partial charge in [-0.1, -0.05) is 23.8 Å². The average Bonchev–Trinajstić information content (AvgIpc) is 3.72. The van der Waals surface area contributed by atoms with Crippen LogP contribution in [0.3, 0.4) is 0 Å². The molecule has 2 heterocycles. The van der Waals surface area contributed by atoms with Gasteiger partial charge in [-0.25, -0.2) is 0 Å². The van der Waals surface area contributed by atoms with Crippen molar-refractivity contribution in [1.82, 2.24) is 0 Å². The molecule has 2 aromatic carbocycles. The number of anilines is 1. The van der Waals surface area contributed by atoms with E-state index in [0.29, 0.717) is 133 Å². The van der Waals surface area contributed by atoms with Crippen molar-refractivity contribution in [3.8, 4) is 0 Å². The zero-order valence-electron chi connectivity index (χ0n) is 43.3. The largest absolute Gasteiger partial charge is 0.481 e. The Balaban J connectivity index is 1.40. The first-order chi connectivity index (χ1) is 35.5. The lowest BCUT2D eigenvalue weighted by atomic mass is 9.76. The normalized spacial score (nSPS) is 20.3. The summed E-state index contributed by atoms with van der Waals surface area (Å²) in [6.45, 7) is 11.2. The number of likely N-dealkylation sites (N-methyl/N-ethyl adjacent to an activating group) is 1. The summed E-state index contributed by atoms with van der Waals surface area (Å²) >= 11 is 7.29. The van der Waals surface area contributed by atoms with Crippen molar-refractivity contribution in [2.24, 2.45) is 0 Å². The second kappa shape index (κ2) is 28.7. The minimum absolute atomic E-state index is 0.0307. The van der Waals surface area contributed by atoms with Crippen LogP contribution in [0.1, 0.15) is 96.1 Å². The van der Waals surface area contributed by atoms with Crippen molar-refractivity contribution in [3.05, 3.63) is 93.7 Å². The van der Waals surface area contributed by atoms with Gasteiger partial charge in [-0.05, 0) is 125 Å². The zero-order valence-corrected chi connectivity index (χ0v) is 46.5. The Kier molecular flexibility index (Phi) is 23.7. The van der Waals surface area contributed by atoms with Gasteiger partial charge in [0.25, 0.3) is 30.4 Å². The van der Waals surface area contributed by atoms with Crippen LogP contribution in [0.15, 0.2) is 92.4 Å². The van der Waals surface area contributed by atoms with Crippen molar-refractivity contribution in [3.63, 3.8) is 0 Å². The summed E-state index contributed by atoms with van der Waals surface area (Å²) in [6, 6.07) is 8.89. The Morgan fingerprint density at radius 1 is 0.707 bits per heavy atom. The molecule has 0 saturated heterocycles. The monoisotopic (exact) mass is 1130 g/mol. The Bertz CT molecular complexity index is 2790. The van der Waals surface area contributed by atoms with Gasteiger partial charge in [0.1, 0.15) is 6.54 Å². The van der Waals surface area contributed by atoms with Crippen LogP contribution in [0.25, 0.3) is 0 Å². The van der Waals surface area contributed by atoms with Crippen molar-refractivity contribution in [1.29, 1.82) is 0 Å². The van der Waals surface area contributed by atoms with Crippen LogP contribution in [-0.2, 0) is 74.4 Å². The summed E-state index contributed by atoms with van der Waals surface area (Å²) in [7, 11) is -11.8. The van der Waals surface area contributed by atoms with Gasteiger partial charge in [0.2, 0.25) is 5.69 Å². The van der Waals surface area contributed by atoms with Crippen LogP contribution >= 0.6 is 11.6 Å². The van der Waals surface area contributed by atoms with Gasteiger partial charge < -0.3 is 38.4 Å². The summed E-state index contributed by atoms with van der Waals surface area (Å²) in [5, 5.41) is 9.81. The van der Waals surface area contributed by atoms with E-state index < -0.39 is 52.9 Å². The Hall–Kier alpha value is -3.88. The summed E-state index contributed by atoms with van der Waals surface area (Å²) in [5.74, 6) is -1.38. The highest BCUT2D eigenvalue weighted by atomic mass is 35.5. The van der Waals surface area contributed by atoms with E-state index in [-0.39, 0.29) is 42.3 Å². The first-order valence-electron chi connectivity index (χ1n) is 25.2. The number of methoxy groups -OCH3 is 1. The average molecular weight is 1130 g/mol. The summed E-state index contributed by atoms with van der Waals surface area (Å²) in [5.41, 5.74) is 4.13. The van der Waals surface area contributed by atoms with Gasteiger partial charge >= 0.3 is 5.97 Å². The fourth-order valence-electron chi connectivity index (χ4n) is 9.79. The number of halogens is 1. The number of hydrogen-bond acceptors (Lipinski definition) is 14. The van der Waals surface area contributed by atoms with Crippen LogP contribution in [0.5, 0.6) is 0 Å². The molecule has 0 saturated carbocycles. The highest BCUT2D eigenvalue weighted by Crippen LogP contribution is 2.51. The molecule has 23 heteroatoms. The molecule has 0 spiro atoms. The molecule has 2 atom stereocenters. The predicted octanol–water partition coefficient (Wildman–Crippen LogP) is 7.81. The van der Waals surface area contributed by atoms with E-state index in [2.05, 4.69) is 4.58 Å². The highest BCUT2D eigenvalue weighted by molar-refractivity contribution is 7.86. The molecule has 2 unspecified atom stereocenters. The molecule has 3 aliphatic rings. The lowest BCUT2D eigenvalue weighted by molar-refractivity contribution is -0.438. The summed E-state index contributed by atoms with van der Waals surface area (Å²) in [6.07, 6.45) is 12.2. The Morgan fingerprint density at radius 3 is 1.84 bits per heavy atom. The maximum absolute atomic E-state index is 12.5. The fourth-order valence-corrected chi connectivity index (χ4v) is 11.6. The SMILES string of the molecule is CCN1C(=CC=C2CCCC(C=CC3=[N+](CCCCCC(=O)O)c4ccc(S(=O)(=O)O)cc4C3(C)CCOCCOCCOCCOCCOCCOC)=C2Cl)C(C)(CCCS(=O)(=O)O)c2cc(S(=O)(=O)O)ccc21. The molecule has 0 amide bonds. The third-order valence-electron chi connectivity index (χ3n) is 13.7. The highest BCUT2D eigenvalue weighted by Gasteiger charge is 2.48. The van der Waals surface area contributed by atoms with E-state index in [9.17, 15) is 48.8 Å². The van der Waals surface area contributed by atoms with Gasteiger partial charge in [-0.3, -0.25) is 18.5 Å². The number of carboxylic acid groups (broad SMARTS) is 1. The number of carboxylic acids is 1. The van der Waals surface area contributed by atoms with E-state index in [1.165, 1.54) is 24.3 Å². The number of ether oxygens (including phenoxy) is 6. The molecule has 19 nitrogen and oxygen atoms in total. The maximum atomic E-state index is 12.5. The van der Waals surface area contributed by atoms with E-state index in [1.54, 1.807) is 19.2 Å². The van der Waals surface area contributed by atoms with Crippen LogP contribution < -0.4 is 4.90 Å².